The third-order valence-corrected chi connectivity index (χ3v) is 3.14. The standard InChI is InChI=1S/C13H14BrNO3/c1-8(7-15)4-11(16)9-5-12(17-2)13(18-3)6-10(9)14/h5-6,8H,4H2,1-3H3. The molecule has 0 N–H and O–H groups in total. The third kappa shape index (κ3) is 3.23. The van der Waals surface area contributed by atoms with Crippen LogP contribution in [0.5, 0.6) is 11.5 Å². The highest BCUT2D eigenvalue weighted by Crippen LogP contribution is 2.34. The van der Waals surface area contributed by atoms with Crippen molar-refractivity contribution >= 4 is 21.7 Å². The van der Waals surface area contributed by atoms with E-state index in [1.807, 2.05) is 6.07 Å². The highest BCUT2D eigenvalue weighted by molar-refractivity contribution is 9.10. The first-order valence-corrected chi connectivity index (χ1v) is 6.17. The maximum Gasteiger partial charge on any atom is 0.165 e. The van der Waals surface area contributed by atoms with Gasteiger partial charge in [0.05, 0.1) is 26.2 Å². The molecule has 0 aliphatic carbocycles. The van der Waals surface area contributed by atoms with Gasteiger partial charge in [-0.15, -0.1) is 0 Å². The van der Waals surface area contributed by atoms with E-state index in [9.17, 15) is 4.79 Å². The van der Waals surface area contributed by atoms with Gasteiger partial charge >= 0.3 is 0 Å². The summed E-state index contributed by atoms with van der Waals surface area (Å²) >= 11 is 3.32. The molecule has 1 unspecified atom stereocenters. The van der Waals surface area contributed by atoms with E-state index in [0.717, 1.165) is 0 Å². The summed E-state index contributed by atoms with van der Waals surface area (Å²) < 4.78 is 10.9. The van der Waals surface area contributed by atoms with Gasteiger partial charge in [0.1, 0.15) is 0 Å². The Morgan fingerprint density at radius 2 is 1.94 bits per heavy atom. The van der Waals surface area contributed by atoms with Crippen molar-refractivity contribution in [2.75, 3.05) is 14.2 Å². The maximum atomic E-state index is 12.0. The number of ketones is 1. The summed E-state index contributed by atoms with van der Waals surface area (Å²) in [4.78, 5) is 12.0. The van der Waals surface area contributed by atoms with E-state index in [-0.39, 0.29) is 18.1 Å². The molecule has 0 aliphatic heterocycles. The van der Waals surface area contributed by atoms with E-state index in [4.69, 9.17) is 14.7 Å². The fraction of sp³-hybridized carbons (Fsp3) is 0.385. The fourth-order valence-electron chi connectivity index (χ4n) is 1.50. The SMILES string of the molecule is COc1cc(Br)c(C(=O)CC(C)C#N)cc1OC. The van der Waals surface area contributed by atoms with Gasteiger partial charge in [-0.3, -0.25) is 4.79 Å². The van der Waals surface area contributed by atoms with Gasteiger partial charge in [0.2, 0.25) is 0 Å². The number of nitrogens with zero attached hydrogens (tertiary/aromatic N) is 1. The first-order valence-electron chi connectivity index (χ1n) is 5.37. The molecule has 0 aromatic heterocycles. The number of methoxy groups -OCH3 is 2. The van der Waals surface area contributed by atoms with Crippen molar-refractivity contribution < 1.29 is 14.3 Å². The lowest BCUT2D eigenvalue weighted by atomic mass is 10.0. The average molecular weight is 312 g/mol. The van der Waals surface area contributed by atoms with Crippen LogP contribution in [0.15, 0.2) is 16.6 Å². The number of Topliss-reactive ketones (excluding diaryl/α,β-unsaturated/α-hetero) is 1. The molecule has 1 aromatic rings. The molecule has 96 valence electrons. The van der Waals surface area contributed by atoms with E-state index >= 15 is 0 Å². The van der Waals surface area contributed by atoms with Crippen molar-refractivity contribution in [1.29, 1.82) is 5.26 Å². The lowest BCUT2D eigenvalue weighted by Crippen LogP contribution is -2.06. The minimum Gasteiger partial charge on any atom is -0.493 e. The third-order valence-electron chi connectivity index (χ3n) is 2.49. The van der Waals surface area contributed by atoms with Crippen LogP contribution in [-0.2, 0) is 0 Å². The molecule has 5 heteroatoms. The molecule has 0 bridgehead atoms. The highest BCUT2D eigenvalue weighted by Gasteiger charge is 2.17. The Hall–Kier alpha value is -1.54. The van der Waals surface area contributed by atoms with Gasteiger partial charge in [0.15, 0.2) is 17.3 Å². The van der Waals surface area contributed by atoms with Crippen LogP contribution in [0.4, 0.5) is 0 Å². The predicted molar refractivity (Wildman–Crippen MR) is 71.0 cm³/mol. The number of benzene rings is 1. The zero-order valence-corrected chi connectivity index (χ0v) is 12.1. The number of halogens is 1. The summed E-state index contributed by atoms with van der Waals surface area (Å²) in [5.74, 6) is 0.636. The molecule has 0 saturated carbocycles. The molecular weight excluding hydrogens is 298 g/mol. The van der Waals surface area contributed by atoms with Gasteiger partial charge in [-0.1, -0.05) is 0 Å². The van der Waals surface area contributed by atoms with E-state index in [2.05, 4.69) is 15.9 Å². The van der Waals surface area contributed by atoms with Crippen molar-refractivity contribution in [1.82, 2.24) is 0 Å². The van der Waals surface area contributed by atoms with Gasteiger partial charge < -0.3 is 9.47 Å². The summed E-state index contributed by atoms with van der Waals surface area (Å²) in [6, 6.07) is 5.35. The normalized spacial score (nSPS) is 11.5. The van der Waals surface area contributed by atoms with E-state index in [1.54, 1.807) is 19.1 Å². The smallest absolute Gasteiger partial charge is 0.165 e. The van der Waals surface area contributed by atoms with Crippen molar-refractivity contribution in [2.24, 2.45) is 5.92 Å². The van der Waals surface area contributed by atoms with Crippen LogP contribution >= 0.6 is 15.9 Å². The molecule has 1 aromatic carbocycles. The first kappa shape index (κ1) is 14.5. The molecule has 0 aliphatic rings. The van der Waals surface area contributed by atoms with Gasteiger partial charge in [0, 0.05) is 16.5 Å². The van der Waals surface area contributed by atoms with E-state index in [1.165, 1.54) is 14.2 Å². The quantitative estimate of drug-likeness (QED) is 0.783. The topological polar surface area (TPSA) is 59.3 Å². The second-order valence-corrected chi connectivity index (χ2v) is 4.70. The Morgan fingerprint density at radius 1 is 1.39 bits per heavy atom. The summed E-state index contributed by atoms with van der Waals surface area (Å²) in [6.07, 6.45) is 0.185. The van der Waals surface area contributed by atoms with E-state index in [0.29, 0.717) is 21.5 Å². The summed E-state index contributed by atoms with van der Waals surface area (Å²) in [7, 11) is 3.04. The molecule has 1 rings (SSSR count). The molecule has 0 fully saturated rings. The van der Waals surface area contributed by atoms with Gasteiger partial charge in [-0.2, -0.15) is 5.26 Å². The van der Waals surface area contributed by atoms with E-state index < -0.39 is 0 Å². The van der Waals surface area contributed by atoms with Gasteiger partial charge in [-0.25, -0.2) is 0 Å². The maximum absolute atomic E-state index is 12.0. The largest absolute Gasteiger partial charge is 0.493 e. The van der Waals surface area contributed by atoms with Crippen LogP contribution in [0.2, 0.25) is 0 Å². The molecular formula is C13H14BrNO3. The lowest BCUT2D eigenvalue weighted by Gasteiger charge is -2.11. The van der Waals surface area contributed by atoms with Gasteiger partial charge in [0.25, 0.3) is 0 Å². The van der Waals surface area contributed by atoms with Gasteiger partial charge in [-0.05, 0) is 35.0 Å². The molecule has 4 nitrogen and oxygen atoms in total. The molecule has 0 radical (unpaired) electrons. The van der Waals surface area contributed by atoms with Crippen molar-refractivity contribution in [3.8, 4) is 17.6 Å². The van der Waals surface area contributed by atoms with Crippen molar-refractivity contribution in [3.05, 3.63) is 22.2 Å². The Bertz CT molecular complexity index is 494. The molecule has 0 saturated heterocycles. The molecule has 18 heavy (non-hydrogen) atoms. The molecule has 0 spiro atoms. The second-order valence-electron chi connectivity index (χ2n) is 3.84. The number of rotatable bonds is 5. The van der Waals surface area contributed by atoms with Crippen LogP contribution in [0.1, 0.15) is 23.7 Å². The number of nitriles is 1. The van der Waals surface area contributed by atoms with Crippen molar-refractivity contribution in [3.63, 3.8) is 0 Å². The van der Waals surface area contributed by atoms with Crippen LogP contribution < -0.4 is 9.47 Å². The summed E-state index contributed by atoms with van der Waals surface area (Å²) in [5.41, 5.74) is 0.495. The molecule has 0 heterocycles. The Labute approximate surface area is 115 Å². The number of carbonyl (C=O) groups is 1. The second kappa shape index (κ2) is 6.41. The Balaban J connectivity index is 3.10. The zero-order valence-electron chi connectivity index (χ0n) is 10.5. The van der Waals surface area contributed by atoms with Crippen LogP contribution in [-0.4, -0.2) is 20.0 Å². The van der Waals surface area contributed by atoms with Crippen molar-refractivity contribution in [2.45, 2.75) is 13.3 Å². The Morgan fingerprint density at radius 3 is 2.44 bits per heavy atom. The fourth-order valence-corrected chi connectivity index (χ4v) is 2.05. The monoisotopic (exact) mass is 311 g/mol. The van der Waals surface area contributed by atoms with Crippen LogP contribution in [0, 0.1) is 17.2 Å². The first-order chi connectivity index (χ1) is 8.53. The predicted octanol–water partition coefficient (Wildman–Crippen LogP) is 3.20. The lowest BCUT2D eigenvalue weighted by molar-refractivity contribution is 0.0971. The Kier molecular flexibility index (Phi) is 5.17. The minimum absolute atomic E-state index is 0.100. The van der Waals surface area contributed by atoms with Crippen LogP contribution in [0.25, 0.3) is 0 Å². The van der Waals surface area contributed by atoms with Crippen LogP contribution in [0.3, 0.4) is 0 Å². The number of carbonyl (C=O) groups excluding carboxylic acids is 1. The summed E-state index contributed by atoms with van der Waals surface area (Å²) in [6.45, 7) is 1.71. The number of hydrogen-bond acceptors (Lipinski definition) is 4. The number of hydrogen-bond donors (Lipinski definition) is 0. The zero-order chi connectivity index (χ0) is 13.7. The average Bonchev–Trinajstić information content (AvgIpc) is 2.37. The highest BCUT2D eigenvalue weighted by atomic mass is 79.9. The molecule has 0 amide bonds. The minimum atomic E-state index is -0.308. The summed E-state index contributed by atoms with van der Waals surface area (Å²) in [5, 5.41) is 8.72. The molecule has 1 atom stereocenters. The number of ether oxygens (including phenoxy) is 2.